The van der Waals surface area contributed by atoms with Crippen LogP contribution in [0, 0.1) is 5.82 Å². The molecule has 0 spiro atoms. The lowest BCUT2D eigenvalue weighted by atomic mass is 10.1. The first kappa shape index (κ1) is 21.2. The molecule has 0 saturated carbocycles. The number of aromatic carboxylic acids is 1. The molecule has 1 aliphatic heterocycles. The van der Waals surface area contributed by atoms with Gasteiger partial charge >= 0.3 is 11.9 Å². The van der Waals surface area contributed by atoms with Crippen molar-refractivity contribution in [1.82, 2.24) is 10.4 Å². The zero-order valence-electron chi connectivity index (χ0n) is 15.7. The number of fused-ring (bicyclic) bond motifs is 2. The number of carboxylic acids is 2. The van der Waals surface area contributed by atoms with E-state index in [1.807, 2.05) is 0 Å². The molecule has 3 rings (SSSR count). The summed E-state index contributed by atoms with van der Waals surface area (Å²) in [6, 6.07) is 7.78. The van der Waals surface area contributed by atoms with E-state index in [1.165, 1.54) is 36.4 Å². The van der Waals surface area contributed by atoms with Crippen molar-refractivity contribution in [3.63, 3.8) is 0 Å². The number of halogens is 1. The summed E-state index contributed by atoms with van der Waals surface area (Å²) < 4.78 is 24.6. The molecular weight excluding hydrogens is 399 g/mol. The second kappa shape index (κ2) is 9.33. The fourth-order valence-electron chi connectivity index (χ4n) is 3.04. The van der Waals surface area contributed by atoms with E-state index in [1.54, 1.807) is 0 Å². The van der Waals surface area contributed by atoms with Crippen LogP contribution in [0.4, 0.5) is 4.39 Å². The van der Waals surface area contributed by atoms with Gasteiger partial charge in [0, 0.05) is 6.54 Å². The normalized spacial score (nSPS) is 17.3. The number of ether oxygens (including phenoxy) is 2. The fourth-order valence-corrected chi connectivity index (χ4v) is 3.04. The molecule has 1 amide bonds. The van der Waals surface area contributed by atoms with Crippen LogP contribution in [0.2, 0.25) is 0 Å². The van der Waals surface area contributed by atoms with E-state index in [-0.39, 0.29) is 48.8 Å². The molecule has 0 aromatic heterocycles. The second-order valence-electron chi connectivity index (χ2n) is 6.38. The number of nitrogens with one attached hydrogen (secondary N) is 1. The summed E-state index contributed by atoms with van der Waals surface area (Å²) in [6.45, 7) is 0.221. The minimum absolute atomic E-state index is 0.0232. The van der Waals surface area contributed by atoms with Crippen LogP contribution in [0.25, 0.3) is 0 Å². The number of aliphatic carboxylic acids is 1. The molecule has 2 aromatic carbocycles. The predicted molar refractivity (Wildman–Crippen MR) is 101 cm³/mol. The van der Waals surface area contributed by atoms with Crippen molar-refractivity contribution < 1.29 is 38.5 Å². The molecule has 30 heavy (non-hydrogen) atoms. The molecule has 1 unspecified atom stereocenters. The highest BCUT2D eigenvalue weighted by molar-refractivity contribution is 6.04. The van der Waals surface area contributed by atoms with E-state index in [4.69, 9.17) is 9.47 Å². The number of hydrazine groups is 1. The average molecular weight is 418 g/mol. The molecular formula is C20H19FN2O7. The van der Waals surface area contributed by atoms with Gasteiger partial charge in [-0.25, -0.2) is 14.2 Å². The minimum Gasteiger partial charge on any atom is -0.488 e. The smallest absolute Gasteiger partial charge is 0.336 e. The highest BCUT2D eigenvalue weighted by Crippen LogP contribution is 2.27. The van der Waals surface area contributed by atoms with Gasteiger partial charge < -0.3 is 19.7 Å². The van der Waals surface area contributed by atoms with Crippen LogP contribution in [-0.2, 0) is 9.53 Å². The SMILES string of the molecule is O=C(O)c1ccccc1C(=O)NN1CCOCCOc2cc(ccc2F)C1C(=O)O. The molecule has 2 aromatic rings. The minimum atomic E-state index is -1.39. The van der Waals surface area contributed by atoms with E-state index in [0.717, 1.165) is 11.1 Å². The maximum absolute atomic E-state index is 14.0. The van der Waals surface area contributed by atoms with Crippen LogP contribution >= 0.6 is 0 Å². The third-order valence-electron chi connectivity index (χ3n) is 4.43. The van der Waals surface area contributed by atoms with Gasteiger partial charge in [0.25, 0.3) is 5.91 Å². The van der Waals surface area contributed by atoms with E-state index in [9.17, 15) is 29.0 Å². The Labute approximate surface area is 170 Å². The summed E-state index contributed by atoms with van der Waals surface area (Å²) in [5.41, 5.74) is 2.27. The first-order valence-electron chi connectivity index (χ1n) is 9.01. The Bertz CT molecular complexity index is 966. The van der Waals surface area contributed by atoms with Gasteiger partial charge in [-0.05, 0) is 29.8 Å². The summed E-state index contributed by atoms with van der Waals surface area (Å²) in [5, 5.41) is 20.2. The monoisotopic (exact) mass is 418 g/mol. The van der Waals surface area contributed by atoms with Crippen molar-refractivity contribution >= 4 is 17.8 Å². The number of carbonyl (C=O) groups is 3. The number of carboxylic acid groups (broad SMARTS) is 2. The number of nitrogens with zero attached hydrogens (tertiary/aromatic N) is 1. The van der Waals surface area contributed by atoms with Crippen LogP contribution in [0.5, 0.6) is 5.75 Å². The van der Waals surface area contributed by atoms with E-state index in [2.05, 4.69) is 5.43 Å². The summed E-state index contributed by atoms with van der Waals surface area (Å²) in [5.74, 6) is -4.19. The van der Waals surface area contributed by atoms with Crippen LogP contribution in [0.3, 0.4) is 0 Å². The van der Waals surface area contributed by atoms with Gasteiger partial charge in [-0.2, -0.15) is 0 Å². The Kier molecular flexibility index (Phi) is 6.60. The number of carbonyl (C=O) groups excluding carboxylic acids is 1. The van der Waals surface area contributed by atoms with Gasteiger partial charge in [0.2, 0.25) is 0 Å². The largest absolute Gasteiger partial charge is 0.488 e. The number of amides is 1. The first-order valence-corrected chi connectivity index (χ1v) is 9.01. The van der Waals surface area contributed by atoms with Crippen molar-refractivity contribution in [1.29, 1.82) is 0 Å². The number of hydrogen-bond acceptors (Lipinski definition) is 6. The molecule has 0 radical (unpaired) electrons. The quantitative estimate of drug-likeness (QED) is 0.685. The lowest BCUT2D eigenvalue weighted by molar-refractivity contribution is -0.145. The van der Waals surface area contributed by atoms with E-state index in [0.29, 0.717) is 0 Å². The third kappa shape index (κ3) is 4.73. The number of rotatable bonds is 4. The van der Waals surface area contributed by atoms with Crippen molar-refractivity contribution in [3.05, 3.63) is 65.0 Å². The van der Waals surface area contributed by atoms with Gasteiger partial charge in [-0.15, -0.1) is 0 Å². The van der Waals surface area contributed by atoms with Crippen molar-refractivity contribution in [2.24, 2.45) is 0 Å². The maximum Gasteiger partial charge on any atom is 0.336 e. The molecule has 10 heteroatoms. The molecule has 0 aliphatic carbocycles. The topological polar surface area (TPSA) is 125 Å². The highest BCUT2D eigenvalue weighted by Gasteiger charge is 2.31. The highest BCUT2D eigenvalue weighted by atomic mass is 19.1. The standard InChI is InChI=1S/C20H19FN2O7/c21-15-6-5-12-11-16(15)30-10-9-29-8-7-23(17(12)20(27)28)22-18(24)13-3-1-2-4-14(13)19(25)26/h1-6,11,17H,7-10H2,(H,22,24)(H,25,26)(H,27,28). The Morgan fingerprint density at radius 3 is 2.47 bits per heavy atom. The van der Waals surface area contributed by atoms with Crippen molar-refractivity contribution in [2.45, 2.75) is 6.04 Å². The summed E-state index contributed by atoms with van der Waals surface area (Å²) in [7, 11) is 0. The van der Waals surface area contributed by atoms with Gasteiger partial charge in [0.1, 0.15) is 6.61 Å². The van der Waals surface area contributed by atoms with Crippen LogP contribution in [-0.4, -0.2) is 59.4 Å². The Morgan fingerprint density at radius 1 is 1.03 bits per heavy atom. The molecule has 158 valence electrons. The fraction of sp³-hybridized carbons (Fsp3) is 0.250. The van der Waals surface area contributed by atoms with Crippen LogP contribution in [0.1, 0.15) is 32.3 Å². The molecule has 9 nitrogen and oxygen atoms in total. The number of hydrogen-bond donors (Lipinski definition) is 3. The Balaban J connectivity index is 1.97. The number of benzene rings is 2. The molecule has 0 saturated heterocycles. The Morgan fingerprint density at radius 2 is 1.77 bits per heavy atom. The maximum atomic E-state index is 14.0. The molecule has 3 N–H and O–H groups in total. The zero-order valence-corrected chi connectivity index (χ0v) is 15.7. The van der Waals surface area contributed by atoms with Gasteiger partial charge in [0.15, 0.2) is 17.6 Å². The molecule has 1 aliphatic rings. The van der Waals surface area contributed by atoms with E-state index >= 15 is 0 Å². The van der Waals surface area contributed by atoms with E-state index < -0.39 is 29.7 Å². The average Bonchev–Trinajstić information content (AvgIpc) is 2.74. The van der Waals surface area contributed by atoms with Crippen molar-refractivity contribution in [3.8, 4) is 5.75 Å². The van der Waals surface area contributed by atoms with Crippen molar-refractivity contribution in [2.75, 3.05) is 26.4 Å². The summed E-state index contributed by atoms with van der Waals surface area (Å²) in [6.07, 6.45) is 0. The van der Waals surface area contributed by atoms with Crippen LogP contribution < -0.4 is 10.2 Å². The predicted octanol–water partition coefficient (Wildman–Crippen LogP) is 1.71. The third-order valence-corrected chi connectivity index (χ3v) is 4.43. The first-order chi connectivity index (χ1) is 14.4. The van der Waals surface area contributed by atoms with Gasteiger partial charge in [0.05, 0.1) is 24.3 Å². The molecule has 2 bridgehead atoms. The Hall–Kier alpha value is -3.50. The molecule has 0 fully saturated rings. The lowest BCUT2D eigenvalue weighted by Crippen LogP contribution is -2.48. The lowest BCUT2D eigenvalue weighted by Gasteiger charge is -2.29. The van der Waals surface area contributed by atoms with Gasteiger partial charge in [-0.3, -0.25) is 15.0 Å². The van der Waals surface area contributed by atoms with Gasteiger partial charge in [-0.1, -0.05) is 18.2 Å². The zero-order chi connectivity index (χ0) is 21.7. The summed E-state index contributed by atoms with van der Waals surface area (Å²) >= 11 is 0. The molecule has 1 heterocycles. The summed E-state index contributed by atoms with van der Waals surface area (Å²) in [4.78, 5) is 36.2. The second-order valence-corrected chi connectivity index (χ2v) is 6.38. The van der Waals surface area contributed by atoms with Crippen LogP contribution in [0.15, 0.2) is 42.5 Å². The molecule has 1 atom stereocenters.